The third kappa shape index (κ3) is 3.72. The van der Waals surface area contributed by atoms with E-state index in [0.717, 1.165) is 15.6 Å². The van der Waals surface area contributed by atoms with Crippen LogP contribution in [0.4, 0.5) is 0 Å². The number of rotatable bonds is 4. The van der Waals surface area contributed by atoms with E-state index in [9.17, 15) is 4.79 Å². The lowest BCUT2D eigenvalue weighted by atomic mass is 10.2. The Hall–Kier alpha value is -1.18. The molecular weight excluding hydrogens is 322 g/mol. The third-order valence-electron chi connectivity index (χ3n) is 2.94. The van der Waals surface area contributed by atoms with Crippen molar-refractivity contribution in [1.82, 2.24) is 14.7 Å². The van der Waals surface area contributed by atoms with Gasteiger partial charge in [0.25, 0.3) is 0 Å². The molecule has 1 amide bonds. The van der Waals surface area contributed by atoms with Gasteiger partial charge in [-0.15, -0.1) is 5.10 Å². The smallest absolute Gasteiger partial charge is 0.235 e. The lowest BCUT2D eigenvalue weighted by molar-refractivity contribution is -0.127. The topological polar surface area (TPSA) is 38.1 Å². The number of thioether (sulfide) groups is 1. The number of aromatic nitrogens is 2. The van der Waals surface area contributed by atoms with E-state index in [4.69, 9.17) is 12.2 Å². The largest absolute Gasteiger partial charge is 0.348 e. The number of hydrogen-bond donors (Lipinski definition) is 0. The molecule has 1 heterocycles. The Kier molecular flexibility index (Phi) is 5.18. The number of carbonyl (C=O) groups excluding carboxylic acids is 1. The summed E-state index contributed by atoms with van der Waals surface area (Å²) in [5.41, 5.74) is 2.10. The second-order valence-electron chi connectivity index (χ2n) is 4.82. The number of carbonyl (C=O) groups is 1. The zero-order chi connectivity index (χ0) is 15.6. The number of benzene rings is 1. The molecule has 2 aromatic rings. The molecular formula is C14H17N3OS3. The molecule has 0 saturated heterocycles. The van der Waals surface area contributed by atoms with Gasteiger partial charge in [-0.1, -0.05) is 41.3 Å². The van der Waals surface area contributed by atoms with Gasteiger partial charge in [-0.2, -0.15) is 0 Å². The number of amides is 1. The Morgan fingerprint density at radius 2 is 2.10 bits per heavy atom. The van der Waals surface area contributed by atoms with E-state index in [0.29, 0.717) is 3.95 Å². The van der Waals surface area contributed by atoms with Crippen LogP contribution >= 0.6 is 35.3 Å². The van der Waals surface area contributed by atoms with Gasteiger partial charge >= 0.3 is 0 Å². The van der Waals surface area contributed by atoms with E-state index in [1.54, 1.807) is 23.7 Å². The van der Waals surface area contributed by atoms with Crippen LogP contribution in [0.5, 0.6) is 0 Å². The first kappa shape index (κ1) is 16.2. The Balaban J connectivity index is 2.27. The average Bonchev–Trinajstić information content (AvgIpc) is 2.78. The molecule has 0 aliphatic rings. The van der Waals surface area contributed by atoms with E-state index in [1.165, 1.54) is 23.1 Å². The normalized spacial score (nSPS) is 12.2. The second kappa shape index (κ2) is 6.72. The van der Waals surface area contributed by atoms with Crippen LogP contribution in [0, 0.1) is 10.9 Å². The van der Waals surface area contributed by atoms with Crippen LogP contribution in [-0.2, 0) is 4.79 Å². The fourth-order valence-corrected chi connectivity index (χ4v) is 4.46. The summed E-state index contributed by atoms with van der Waals surface area (Å²) in [7, 11) is 3.51. The summed E-state index contributed by atoms with van der Waals surface area (Å²) >= 11 is 8.27. The second-order valence-corrected chi connectivity index (χ2v) is 8.04. The molecule has 0 bridgehead atoms. The van der Waals surface area contributed by atoms with Crippen molar-refractivity contribution in [2.24, 2.45) is 0 Å². The molecule has 21 heavy (non-hydrogen) atoms. The molecule has 0 aliphatic carbocycles. The lowest BCUT2D eigenvalue weighted by Crippen LogP contribution is -2.29. The van der Waals surface area contributed by atoms with Crippen molar-refractivity contribution in [3.05, 3.63) is 33.8 Å². The maximum Gasteiger partial charge on any atom is 0.235 e. The SMILES string of the molecule is Cc1ccccc1-n1nc(S[C@@H](C)C(=O)N(C)C)sc1=S. The van der Waals surface area contributed by atoms with Gasteiger partial charge in [0.2, 0.25) is 5.91 Å². The number of aryl methyl sites for hydroxylation is 1. The summed E-state index contributed by atoms with van der Waals surface area (Å²) in [5.74, 6) is 0.0727. The summed E-state index contributed by atoms with van der Waals surface area (Å²) < 4.78 is 3.27. The van der Waals surface area contributed by atoms with E-state index in [-0.39, 0.29) is 11.2 Å². The minimum atomic E-state index is -0.175. The van der Waals surface area contributed by atoms with Gasteiger partial charge in [0, 0.05) is 14.1 Å². The fourth-order valence-electron chi connectivity index (χ4n) is 1.83. The Bertz CT molecular complexity index is 705. The van der Waals surface area contributed by atoms with E-state index in [2.05, 4.69) is 5.10 Å². The Labute approximate surface area is 137 Å². The van der Waals surface area contributed by atoms with Gasteiger partial charge in [-0.3, -0.25) is 4.79 Å². The summed E-state index contributed by atoms with van der Waals surface area (Å²) in [4.78, 5) is 13.5. The predicted molar refractivity (Wildman–Crippen MR) is 91.0 cm³/mol. The highest BCUT2D eigenvalue weighted by Gasteiger charge is 2.19. The Morgan fingerprint density at radius 3 is 2.71 bits per heavy atom. The monoisotopic (exact) mass is 339 g/mol. The van der Waals surface area contributed by atoms with Crippen LogP contribution in [-0.4, -0.2) is 39.9 Å². The molecule has 0 unspecified atom stereocenters. The van der Waals surface area contributed by atoms with E-state index in [1.807, 2.05) is 38.1 Å². The molecule has 1 aromatic heterocycles. The van der Waals surface area contributed by atoms with Crippen molar-refractivity contribution in [3.63, 3.8) is 0 Å². The van der Waals surface area contributed by atoms with Crippen LogP contribution in [0.3, 0.4) is 0 Å². The van der Waals surface area contributed by atoms with Crippen LogP contribution in [0.2, 0.25) is 0 Å². The molecule has 2 rings (SSSR count). The maximum absolute atomic E-state index is 11.9. The zero-order valence-electron chi connectivity index (χ0n) is 12.4. The molecule has 1 aromatic carbocycles. The first-order valence-electron chi connectivity index (χ1n) is 6.44. The van der Waals surface area contributed by atoms with E-state index >= 15 is 0 Å². The van der Waals surface area contributed by atoms with Gasteiger partial charge in [-0.25, -0.2) is 4.68 Å². The van der Waals surface area contributed by atoms with Gasteiger partial charge in [0.05, 0.1) is 10.9 Å². The first-order chi connectivity index (χ1) is 9.90. The predicted octanol–water partition coefficient (Wildman–Crippen LogP) is 3.54. The van der Waals surface area contributed by atoms with Gasteiger partial charge < -0.3 is 4.90 Å². The van der Waals surface area contributed by atoms with Crippen LogP contribution in [0.25, 0.3) is 5.69 Å². The summed E-state index contributed by atoms with van der Waals surface area (Å²) in [6.07, 6.45) is 0. The maximum atomic E-state index is 11.9. The summed E-state index contributed by atoms with van der Waals surface area (Å²) in [5, 5.41) is 4.37. The van der Waals surface area contributed by atoms with Gasteiger partial charge in [0.15, 0.2) is 8.29 Å². The fraction of sp³-hybridized carbons (Fsp3) is 0.357. The first-order valence-corrected chi connectivity index (χ1v) is 8.54. The number of hydrogen-bond acceptors (Lipinski definition) is 5. The van der Waals surface area contributed by atoms with Crippen molar-refractivity contribution in [1.29, 1.82) is 0 Å². The molecule has 112 valence electrons. The minimum absolute atomic E-state index is 0.0727. The molecule has 0 aliphatic heterocycles. The molecule has 4 nitrogen and oxygen atoms in total. The standard InChI is InChI=1S/C14H17N3OS3/c1-9-7-5-6-8-11(9)17-14(19)21-13(15-17)20-10(2)12(18)16(3)4/h5-8,10H,1-4H3/t10-/m0/s1. The molecule has 0 N–H and O–H groups in total. The highest BCUT2D eigenvalue weighted by molar-refractivity contribution is 8.02. The van der Waals surface area contributed by atoms with Crippen molar-refractivity contribution in [2.45, 2.75) is 23.4 Å². The summed E-state index contributed by atoms with van der Waals surface area (Å²) in [6.45, 7) is 3.91. The summed E-state index contributed by atoms with van der Waals surface area (Å²) in [6, 6.07) is 7.98. The van der Waals surface area contributed by atoms with Crippen molar-refractivity contribution >= 4 is 41.2 Å². The minimum Gasteiger partial charge on any atom is -0.348 e. The Morgan fingerprint density at radius 1 is 1.43 bits per heavy atom. The highest BCUT2D eigenvalue weighted by atomic mass is 32.2. The highest BCUT2D eigenvalue weighted by Crippen LogP contribution is 2.28. The van der Waals surface area contributed by atoms with Crippen LogP contribution in [0.1, 0.15) is 12.5 Å². The molecule has 0 spiro atoms. The average molecular weight is 340 g/mol. The van der Waals surface area contributed by atoms with Gasteiger partial charge in [-0.05, 0) is 37.7 Å². The van der Waals surface area contributed by atoms with Crippen LogP contribution < -0.4 is 0 Å². The zero-order valence-corrected chi connectivity index (χ0v) is 14.8. The molecule has 1 atom stereocenters. The van der Waals surface area contributed by atoms with Crippen LogP contribution in [0.15, 0.2) is 28.6 Å². The van der Waals surface area contributed by atoms with E-state index < -0.39 is 0 Å². The number of nitrogens with zero attached hydrogens (tertiary/aromatic N) is 3. The number of para-hydroxylation sites is 1. The lowest BCUT2D eigenvalue weighted by Gasteiger charge is -2.14. The molecule has 0 radical (unpaired) electrons. The molecule has 7 heteroatoms. The van der Waals surface area contributed by atoms with Crippen molar-refractivity contribution < 1.29 is 4.79 Å². The quantitative estimate of drug-likeness (QED) is 0.631. The third-order valence-corrected chi connectivity index (χ3v) is 5.34. The van der Waals surface area contributed by atoms with Crippen molar-refractivity contribution in [2.75, 3.05) is 14.1 Å². The molecule has 0 saturated carbocycles. The van der Waals surface area contributed by atoms with Crippen molar-refractivity contribution in [3.8, 4) is 5.69 Å². The van der Waals surface area contributed by atoms with Gasteiger partial charge in [0.1, 0.15) is 0 Å². The molecule has 0 fully saturated rings.